The average molecular weight is 200 g/mol. The van der Waals surface area contributed by atoms with E-state index in [9.17, 15) is 4.79 Å². The zero-order valence-corrected chi connectivity index (χ0v) is 10.3. The molecule has 3 heteroatoms. The highest BCUT2D eigenvalue weighted by molar-refractivity contribution is 5.75. The van der Waals surface area contributed by atoms with Crippen molar-refractivity contribution in [1.29, 1.82) is 0 Å². The summed E-state index contributed by atoms with van der Waals surface area (Å²) < 4.78 is 0. The van der Waals surface area contributed by atoms with Gasteiger partial charge in [0.2, 0.25) is 5.91 Å². The molecule has 0 rings (SSSR count). The topological polar surface area (TPSA) is 32.3 Å². The first-order valence-electron chi connectivity index (χ1n) is 5.18. The summed E-state index contributed by atoms with van der Waals surface area (Å²) in [6, 6.07) is 0.428. The van der Waals surface area contributed by atoms with Crippen molar-refractivity contribution in [3.05, 3.63) is 0 Å². The van der Waals surface area contributed by atoms with Crippen molar-refractivity contribution in [2.24, 2.45) is 5.41 Å². The van der Waals surface area contributed by atoms with Crippen molar-refractivity contribution < 1.29 is 4.79 Å². The van der Waals surface area contributed by atoms with E-state index in [0.29, 0.717) is 12.5 Å². The van der Waals surface area contributed by atoms with Crippen LogP contribution in [0.15, 0.2) is 0 Å². The lowest BCUT2D eigenvalue weighted by atomic mass is 9.88. The molecule has 0 spiro atoms. The number of hydrogen-bond donors (Lipinski definition) is 1. The fourth-order valence-corrected chi connectivity index (χ4v) is 0.925. The Labute approximate surface area is 87.9 Å². The molecule has 0 heterocycles. The zero-order valence-electron chi connectivity index (χ0n) is 10.3. The quantitative estimate of drug-likeness (QED) is 0.745. The normalized spacial score (nSPS) is 13.9. The van der Waals surface area contributed by atoms with Crippen LogP contribution in [0.2, 0.25) is 0 Å². The van der Waals surface area contributed by atoms with Crippen LogP contribution < -0.4 is 5.32 Å². The van der Waals surface area contributed by atoms with Crippen LogP contribution >= 0.6 is 0 Å². The summed E-state index contributed by atoms with van der Waals surface area (Å²) in [7, 11) is 3.57. The number of carbonyl (C=O) groups excluding carboxylic acids is 1. The Kier molecular flexibility index (Phi) is 5.13. The van der Waals surface area contributed by atoms with Gasteiger partial charge in [0.25, 0.3) is 0 Å². The second-order valence-electron chi connectivity index (χ2n) is 5.08. The van der Waals surface area contributed by atoms with Crippen LogP contribution in [-0.2, 0) is 4.79 Å². The third kappa shape index (κ3) is 5.22. The minimum atomic E-state index is 0.179. The number of nitrogens with one attached hydrogen (secondary N) is 1. The molecule has 0 aliphatic rings. The second-order valence-corrected chi connectivity index (χ2v) is 5.08. The van der Waals surface area contributed by atoms with Crippen LogP contribution in [0.5, 0.6) is 0 Å². The van der Waals surface area contributed by atoms with Crippen LogP contribution in [0.25, 0.3) is 0 Å². The molecule has 0 fully saturated rings. The third-order valence-corrected chi connectivity index (χ3v) is 2.59. The minimum Gasteiger partial charge on any atom is -0.349 e. The molecule has 1 atom stereocenters. The molecule has 1 amide bonds. The largest absolute Gasteiger partial charge is 0.349 e. The van der Waals surface area contributed by atoms with E-state index in [0.717, 1.165) is 6.54 Å². The monoisotopic (exact) mass is 200 g/mol. The summed E-state index contributed by atoms with van der Waals surface area (Å²) >= 11 is 0. The van der Waals surface area contributed by atoms with E-state index in [1.165, 1.54) is 0 Å². The summed E-state index contributed by atoms with van der Waals surface area (Å²) in [4.78, 5) is 12.9. The predicted molar refractivity (Wildman–Crippen MR) is 60.2 cm³/mol. The molecule has 0 aromatic heterocycles. The first-order valence-corrected chi connectivity index (χ1v) is 5.18. The molecule has 0 aliphatic carbocycles. The summed E-state index contributed by atoms with van der Waals surface area (Å²) in [5.41, 5.74) is 0.251. The van der Waals surface area contributed by atoms with Crippen molar-refractivity contribution in [1.82, 2.24) is 10.2 Å². The summed E-state index contributed by atoms with van der Waals surface area (Å²) in [6.45, 7) is 9.49. The van der Waals surface area contributed by atoms with E-state index >= 15 is 0 Å². The summed E-state index contributed by atoms with van der Waals surface area (Å²) in [6.07, 6.45) is 0.577. The van der Waals surface area contributed by atoms with Gasteiger partial charge < -0.3 is 10.2 Å². The van der Waals surface area contributed by atoms with E-state index in [1.807, 2.05) is 0 Å². The third-order valence-electron chi connectivity index (χ3n) is 2.59. The van der Waals surface area contributed by atoms with Gasteiger partial charge in [-0.1, -0.05) is 20.8 Å². The van der Waals surface area contributed by atoms with Crippen LogP contribution in [0.1, 0.15) is 34.1 Å². The highest BCUT2D eigenvalue weighted by Crippen LogP contribution is 2.18. The molecule has 1 unspecified atom stereocenters. The van der Waals surface area contributed by atoms with Gasteiger partial charge in [0.15, 0.2) is 0 Å². The van der Waals surface area contributed by atoms with E-state index in [-0.39, 0.29) is 11.3 Å². The highest BCUT2D eigenvalue weighted by Gasteiger charge is 2.19. The Morgan fingerprint density at radius 2 is 1.86 bits per heavy atom. The van der Waals surface area contributed by atoms with Gasteiger partial charge >= 0.3 is 0 Å². The molecule has 0 aromatic carbocycles. The Morgan fingerprint density at radius 1 is 1.36 bits per heavy atom. The number of amides is 1. The Hall–Kier alpha value is -0.570. The van der Waals surface area contributed by atoms with Gasteiger partial charge in [0.1, 0.15) is 0 Å². The maximum Gasteiger partial charge on any atom is 0.223 e. The summed E-state index contributed by atoms with van der Waals surface area (Å²) in [5, 5.41) is 3.36. The lowest BCUT2D eigenvalue weighted by Gasteiger charge is -2.28. The number of hydrogen-bond acceptors (Lipinski definition) is 2. The van der Waals surface area contributed by atoms with Gasteiger partial charge in [-0.2, -0.15) is 0 Å². The zero-order chi connectivity index (χ0) is 11.4. The van der Waals surface area contributed by atoms with Crippen LogP contribution in [0.4, 0.5) is 0 Å². The SMILES string of the molecule is CC(NCCC(=O)N(C)C)C(C)(C)C. The van der Waals surface area contributed by atoms with Gasteiger partial charge in [-0.25, -0.2) is 0 Å². The average Bonchev–Trinajstić information content (AvgIpc) is 2.01. The van der Waals surface area contributed by atoms with Crippen molar-refractivity contribution in [2.75, 3.05) is 20.6 Å². The fourth-order valence-electron chi connectivity index (χ4n) is 0.925. The molecule has 0 aliphatic heterocycles. The smallest absolute Gasteiger partial charge is 0.223 e. The Morgan fingerprint density at radius 3 is 2.21 bits per heavy atom. The number of nitrogens with zero attached hydrogens (tertiary/aromatic N) is 1. The van der Waals surface area contributed by atoms with Gasteiger partial charge in [0, 0.05) is 33.1 Å². The maximum absolute atomic E-state index is 11.3. The molecule has 0 aromatic rings. The lowest BCUT2D eigenvalue weighted by molar-refractivity contribution is -0.128. The van der Waals surface area contributed by atoms with Crippen molar-refractivity contribution in [3.63, 3.8) is 0 Å². The van der Waals surface area contributed by atoms with Gasteiger partial charge in [-0.05, 0) is 12.3 Å². The Balaban J connectivity index is 3.70. The van der Waals surface area contributed by atoms with Crippen LogP contribution in [0.3, 0.4) is 0 Å². The molecule has 0 radical (unpaired) electrons. The van der Waals surface area contributed by atoms with Crippen molar-refractivity contribution in [3.8, 4) is 0 Å². The van der Waals surface area contributed by atoms with Crippen molar-refractivity contribution >= 4 is 5.91 Å². The van der Waals surface area contributed by atoms with E-state index in [1.54, 1.807) is 19.0 Å². The van der Waals surface area contributed by atoms with Crippen LogP contribution in [-0.4, -0.2) is 37.5 Å². The predicted octanol–water partition coefficient (Wildman–Crippen LogP) is 1.49. The fraction of sp³-hybridized carbons (Fsp3) is 0.909. The van der Waals surface area contributed by atoms with Gasteiger partial charge in [0.05, 0.1) is 0 Å². The minimum absolute atomic E-state index is 0.179. The van der Waals surface area contributed by atoms with Crippen molar-refractivity contribution in [2.45, 2.75) is 40.2 Å². The van der Waals surface area contributed by atoms with Gasteiger partial charge in [-0.3, -0.25) is 4.79 Å². The van der Waals surface area contributed by atoms with E-state index in [2.05, 4.69) is 33.0 Å². The molecule has 14 heavy (non-hydrogen) atoms. The summed E-state index contributed by atoms with van der Waals surface area (Å²) in [5.74, 6) is 0.179. The molecule has 84 valence electrons. The molecular formula is C11H24N2O. The molecule has 0 saturated carbocycles. The van der Waals surface area contributed by atoms with Crippen LogP contribution in [0, 0.1) is 5.41 Å². The van der Waals surface area contributed by atoms with Gasteiger partial charge in [-0.15, -0.1) is 0 Å². The first-order chi connectivity index (χ1) is 6.25. The molecule has 3 nitrogen and oxygen atoms in total. The van der Waals surface area contributed by atoms with E-state index < -0.39 is 0 Å². The Bertz CT molecular complexity index is 182. The lowest BCUT2D eigenvalue weighted by Crippen LogP contribution is -2.39. The molecular weight excluding hydrogens is 176 g/mol. The molecule has 0 saturated heterocycles. The standard InChI is InChI=1S/C11H24N2O/c1-9(11(2,3)4)12-8-7-10(14)13(5)6/h9,12H,7-8H2,1-6H3. The number of rotatable bonds is 4. The van der Waals surface area contributed by atoms with E-state index in [4.69, 9.17) is 0 Å². The second kappa shape index (κ2) is 5.35. The first kappa shape index (κ1) is 13.4. The highest BCUT2D eigenvalue weighted by atomic mass is 16.2. The molecule has 1 N–H and O–H groups in total. The number of carbonyl (C=O) groups is 1. The molecule has 0 bridgehead atoms. The maximum atomic E-state index is 11.3.